The zero-order valence-electron chi connectivity index (χ0n) is 14.0. The van der Waals surface area contributed by atoms with Crippen LogP contribution in [0.15, 0.2) is 17.8 Å². The van der Waals surface area contributed by atoms with Crippen LogP contribution in [-0.4, -0.2) is 34.6 Å². The number of amides is 3. The Bertz CT molecular complexity index is 726. The minimum Gasteiger partial charge on any atom is -0.503 e. The van der Waals surface area contributed by atoms with E-state index in [1.807, 2.05) is 0 Å². The molecule has 1 aromatic carbocycles. The van der Waals surface area contributed by atoms with Gasteiger partial charge in [0.15, 0.2) is 11.5 Å². The third-order valence-electron chi connectivity index (χ3n) is 4.51. The first-order valence-corrected chi connectivity index (χ1v) is 8.90. The Kier molecular flexibility index (Phi) is 5.18. The molecule has 1 saturated carbocycles. The molecular weight excluding hydrogens is 344 g/mol. The highest BCUT2D eigenvalue weighted by Gasteiger charge is 2.38. The van der Waals surface area contributed by atoms with Crippen LogP contribution < -0.4 is 10.1 Å². The predicted octanol–water partition coefficient (Wildman–Crippen LogP) is 3.67. The lowest BCUT2D eigenvalue weighted by molar-refractivity contribution is -0.124. The van der Waals surface area contributed by atoms with E-state index in [0.717, 1.165) is 32.1 Å². The molecule has 3 rings (SSSR count). The minimum absolute atomic E-state index is 0.0328. The van der Waals surface area contributed by atoms with Gasteiger partial charge in [0.1, 0.15) is 5.70 Å². The molecule has 0 unspecified atom stereocenters. The first-order chi connectivity index (χ1) is 12.0. The quantitative estimate of drug-likeness (QED) is 0.631. The third-order valence-corrected chi connectivity index (χ3v) is 4.80. The monoisotopic (exact) mass is 364 g/mol. The number of carbonyl (C=O) groups excluding carboxylic acids is 2. The molecule has 2 aliphatic rings. The van der Waals surface area contributed by atoms with E-state index in [2.05, 4.69) is 5.32 Å². The van der Waals surface area contributed by atoms with Gasteiger partial charge in [-0.15, -0.1) is 0 Å². The summed E-state index contributed by atoms with van der Waals surface area (Å²) in [6, 6.07) is 2.70. The van der Waals surface area contributed by atoms with Crippen LogP contribution in [0.25, 0.3) is 6.08 Å². The van der Waals surface area contributed by atoms with Crippen LogP contribution in [0.2, 0.25) is 5.02 Å². The summed E-state index contributed by atoms with van der Waals surface area (Å²) in [6.45, 7) is 2.16. The van der Waals surface area contributed by atoms with Crippen LogP contribution in [0, 0.1) is 0 Å². The summed E-state index contributed by atoms with van der Waals surface area (Å²) in [5.41, 5.74) is 0.778. The van der Waals surface area contributed by atoms with E-state index in [-0.39, 0.29) is 40.2 Å². The fourth-order valence-corrected chi connectivity index (χ4v) is 3.55. The molecule has 3 amide bonds. The zero-order chi connectivity index (χ0) is 18.0. The molecule has 0 radical (unpaired) electrons. The van der Waals surface area contributed by atoms with E-state index in [4.69, 9.17) is 16.3 Å². The molecule has 6 nitrogen and oxygen atoms in total. The van der Waals surface area contributed by atoms with Crippen molar-refractivity contribution in [3.8, 4) is 11.5 Å². The molecule has 7 heteroatoms. The Balaban J connectivity index is 1.86. The van der Waals surface area contributed by atoms with Crippen molar-refractivity contribution in [1.82, 2.24) is 10.2 Å². The van der Waals surface area contributed by atoms with Crippen molar-refractivity contribution >= 4 is 29.6 Å². The first-order valence-electron chi connectivity index (χ1n) is 8.52. The van der Waals surface area contributed by atoms with Gasteiger partial charge >= 0.3 is 6.03 Å². The highest BCUT2D eigenvalue weighted by Crippen LogP contribution is 2.36. The molecule has 134 valence electrons. The number of benzene rings is 1. The van der Waals surface area contributed by atoms with Gasteiger partial charge in [0.05, 0.1) is 11.6 Å². The molecule has 1 heterocycles. The molecule has 25 heavy (non-hydrogen) atoms. The van der Waals surface area contributed by atoms with E-state index in [1.54, 1.807) is 19.1 Å². The van der Waals surface area contributed by atoms with Gasteiger partial charge < -0.3 is 15.2 Å². The molecule has 2 N–H and O–H groups in total. The fraction of sp³-hybridized carbons (Fsp3) is 0.444. The molecule has 2 fully saturated rings. The summed E-state index contributed by atoms with van der Waals surface area (Å²) in [4.78, 5) is 26.2. The van der Waals surface area contributed by atoms with Crippen molar-refractivity contribution in [3.05, 3.63) is 28.4 Å². The highest BCUT2D eigenvalue weighted by molar-refractivity contribution is 6.32. The number of phenols is 1. The van der Waals surface area contributed by atoms with Crippen LogP contribution in [-0.2, 0) is 4.79 Å². The minimum atomic E-state index is -0.377. The standard InChI is InChI=1S/C18H21ClN2O4/c1-2-25-15-10-11(8-13(19)16(15)22)9-14-17(23)21(18(24)20-14)12-6-4-3-5-7-12/h8-10,12,22H,2-7H2,1H3,(H,20,24)/b14-9-. The molecule has 1 aromatic rings. The van der Waals surface area contributed by atoms with E-state index >= 15 is 0 Å². The molecule has 0 aromatic heterocycles. The van der Waals surface area contributed by atoms with Crippen molar-refractivity contribution in [2.75, 3.05) is 6.61 Å². The number of ether oxygens (including phenoxy) is 1. The molecule has 1 aliphatic carbocycles. The third kappa shape index (κ3) is 3.58. The number of nitrogens with zero attached hydrogens (tertiary/aromatic N) is 1. The number of rotatable bonds is 4. The smallest absolute Gasteiger partial charge is 0.329 e. The number of phenolic OH excluding ortho intramolecular Hbond substituents is 1. The second-order valence-electron chi connectivity index (χ2n) is 6.24. The average molecular weight is 365 g/mol. The molecule has 1 aliphatic heterocycles. The summed E-state index contributed by atoms with van der Waals surface area (Å²) in [7, 11) is 0. The Hall–Kier alpha value is -2.21. The normalized spacial score (nSPS) is 20.2. The maximum atomic E-state index is 12.6. The van der Waals surface area contributed by atoms with Gasteiger partial charge in [-0.1, -0.05) is 30.9 Å². The van der Waals surface area contributed by atoms with E-state index in [0.29, 0.717) is 12.2 Å². The molecular formula is C18H21ClN2O4. The van der Waals surface area contributed by atoms with Crippen LogP contribution in [0.1, 0.15) is 44.6 Å². The van der Waals surface area contributed by atoms with Gasteiger partial charge in [0.25, 0.3) is 5.91 Å². The first kappa shape index (κ1) is 17.6. The number of hydrogen-bond donors (Lipinski definition) is 2. The largest absolute Gasteiger partial charge is 0.503 e. The Labute approximate surface area is 151 Å². The van der Waals surface area contributed by atoms with Crippen molar-refractivity contribution in [3.63, 3.8) is 0 Å². The number of imide groups is 1. The van der Waals surface area contributed by atoms with E-state index in [1.165, 1.54) is 11.0 Å². The molecule has 0 atom stereocenters. The van der Waals surface area contributed by atoms with Gasteiger partial charge in [-0.05, 0) is 43.5 Å². The SMILES string of the molecule is CCOc1cc(/C=C2\NC(=O)N(C3CCCCC3)C2=O)cc(Cl)c1O. The topological polar surface area (TPSA) is 78.9 Å². The van der Waals surface area contributed by atoms with Gasteiger partial charge in [0.2, 0.25) is 0 Å². The number of aromatic hydroxyl groups is 1. The summed E-state index contributed by atoms with van der Waals surface area (Å²) in [5, 5.41) is 12.7. The van der Waals surface area contributed by atoms with Crippen molar-refractivity contribution < 1.29 is 19.4 Å². The molecule has 0 bridgehead atoms. The Morgan fingerprint density at radius 2 is 2.04 bits per heavy atom. The van der Waals surface area contributed by atoms with E-state index in [9.17, 15) is 14.7 Å². The number of carbonyl (C=O) groups is 2. The summed E-state index contributed by atoms with van der Waals surface area (Å²) in [6.07, 6.45) is 6.47. The lowest BCUT2D eigenvalue weighted by Gasteiger charge is -2.28. The average Bonchev–Trinajstić information content (AvgIpc) is 2.87. The second kappa shape index (κ2) is 7.35. The van der Waals surface area contributed by atoms with Gasteiger partial charge in [-0.25, -0.2) is 4.79 Å². The van der Waals surface area contributed by atoms with Crippen molar-refractivity contribution in [2.24, 2.45) is 0 Å². The maximum Gasteiger partial charge on any atom is 0.329 e. The number of urea groups is 1. The maximum absolute atomic E-state index is 12.6. The number of nitrogens with one attached hydrogen (secondary N) is 1. The molecule has 0 spiro atoms. The van der Waals surface area contributed by atoms with Crippen molar-refractivity contribution in [2.45, 2.75) is 45.1 Å². The predicted molar refractivity (Wildman–Crippen MR) is 94.5 cm³/mol. The van der Waals surface area contributed by atoms with Crippen LogP contribution >= 0.6 is 11.6 Å². The fourth-order valence-electron chi connectivity index (χ4n) is 3.33. The van der Waals surface area contributed by atoms with Gasteiger partial charge in [0, 0.05) is 6.04 Å². The molecule has 1 saturated heterocycles. The number of halogens is 1. The summed E-state index contributed by atoms with van der Waals surface area (Å²) >= 11 is 6.01. The highest BCUT2D eigenvalue weighted by atomic mass is 35.5. The van der Waals surface area contributed by atoms with Crippen LogP contribution in [0.4, 0.5) is 4.79 Å². The lowest BCUT2D eigenvalue weighted by Crippen LogP contribution is -2.41. The Morgan fingerprint density at radius 3 is 2.72 bits per heavy atom. The van der Waals surface area contributed by atoms with Crippen LogP contribution in [0.5, 0.6) is 11.5 Å². The van der Waals surface area contributed by atoms with Gasteiger partial charge in [-0.3, -0.25) is 9.69 Å². The summed E-state index contributed by atoms with van der Waals surface area (Å²) < 4.78 is 5.34. The Morgan fingerprint density at radius 1 is 1.32 bits per heavy atom. The zero-order valence-corrected chi connectivity index (χ0v) is 14.8. The summed E-state index contributed by atoms with van der Waals surface area (Å²) in [5.74, 6) is -0.224. The lowest BCUT2D eigenvalue weighted by atomic mass is 9.94. The number of hydrogen-bond acceptors (Lipinski definition) is 4. The van der Waals surface area contributed by atoms with Gasteiger partial charge in [-0.2, -0.15) is 0 Å². The van der Waals surface area contributed by atoms with E-state index < -0.39 is 0 Å². The van der Waals surface area contributed by atoms with Crippen molar-refractivity contribution in [1.29, 1.82) is 0 Å². The van der Waals surface area contributed by atoms with Crippen LogP contribution in [0.3, 0.4) is 0 Å². The second-order valence-corrected chi connectivity index (χ2v) is 6.64.